The summed E-state index contributed by atoms with van der Waals surface area (Å²) in [5.74, 6) is 0.828. The Balaban J connectivity index is 2.19. The SMILES string of the molecule is Cc1cccc2cc(-c3ccc(O)c(Cl)c3)oc12. The first-order valence-electron chi connectivity index (χ1n) is 5.63. The monoisotopic (exact) mass is 258 g/mol. The number of halogens is 1. The Morgan fingerprint density at radius 3 is 2.67 bits per heavy atom. The summed E-state index contributed by atoms with van der Waals surface area (Å²) < 4.78 is 5.84. The summed E-state index contributed by atoms with van der Waals surface area (Å²) in [6.45, 7) is 2.01. The normalized spacial score (nSPS) is 11.0. The topological polar surface area (TPSA) is 33.4 Å². The van der Waals surface area contributed by atoms with E-state index in [0.29, 0.717) is 5.02 Å². The van der Waals surface area contributed by atoms with Gasteiger partial charge in [-0.3, -0.25) is 0 Å². The lowest BCUT2D eigenvalue weighted by Gasteiger charge is -1.99. The summed E-state index contributed by atoms with van der Waals surface area (Å²) in [5, 5.41) is 10.8. The minimum absolute atomic E-state index is 0.0766. The maximum Gasteiger partial charge on any atom is 0.137 e. The number of aromatic hydroxyl groups is 1. The number of fused-ring (bicyclic) bond motifs is 1. The van der Waals surface area contributed by atoms with E-state index in [0.717, 1.165) is 27.9 Å². The van der Waals surface area contributed by atoms with Gasteiger partial charge in [0, 0.05) is 10.9 Å². The van der Waals surface area contributed by atoms with Gasteiger partial charge in [0.05, 0.1) is 5.02 Å². The highest BCUT2D eigenvalue weighted by molar-refractivity contribution is 6.32. The van der Waals surface area contributed by atoms with Crippen LogP contribution in [-0.2, 0) is 0 Å². The largest absolute Gasteiger partial charge is 0.506 e. The van der Waals surface area contributed by atoms with Gasteiger partial charge < -0.3 is 9.52 Å². The molecule has 3 aromatic rings. The number of para-hydroxylation sites is 1. The van der Waals surface area contributed by atoms with Crippen LogP contribution < -0.4 is 0 Å². The van der Waals surface area contributed by atoms with Gasteiger partial charge >= 0.3 is 0 Å². The van der Waals surface area contributed by atoms with Crippen molar-refractivity contribution in [3.05, 3.63) is 53.1 Å². The van der Waals surface area contributed by atoms with Crippen molar-refractivity contribution < 1.29 is 9.52 Å². The number of phenolic OH excluding ortho intramolecular Hbond substituents is 1. The van der Waals surface area contributed by atoms with E-state index in [1.165, 1.54) is 0 Å². The van der Waals surface area contributed by atoms with Crippen molar-refractivity contribution in [2.75, 3.05) is 0 Å². The summed E-state index contributed by atoms with van der Waals surface area (Å²) in [6.07, 6.45) is 0. The number of aryl methyl sites for hydroxylation is 1. The van der Waals surface area contributed by atoms with Crippen LogP contribution in [-0.4, -0.2) is 5.11 Å². The van der Waals surface area contributed by atoms with Crippen LogP contribution in [0.3, 0.4) is 0 Å². The van der Waals surface area contributed by atoms with Crippen molar-refractivity contribution in [3.8, 4) is 17.1 Å². The standard InChI is InChI=1S/C15H11ClO2/c1-9-3-2-4-11-8-14(18-15(9)11)10-5-6-13(17)12(16)7-10/h2-8,17H,1H3. The molecule has 3 rings (SSSR count). The van der Waals surface area contributed by atoms with E-state index in [1.54, 1.807) is 18.2 Å². The van der Waals surface area contributed by atoms with Gasteiger partial charge in [-0.2, -0.15) is 0 Å². The first-order chi connectivity index (χ1) is 8.65. The molecular weight excluding hydrogens is 248 g/mol. The molecule has 1 N–H and O–H groups in total. The molecule has 0 unspecified atom stereocenters. The molecule has 0 bridgehead atoms. The molecule has 0 spiro atoms. The average molecular weight is 259 g/mol. The van der Waals surface area contributed by atoms with Crippen molar-refractivity contribution in [2.45, 2.75) is 6.92 Å². The van der Waals surface area contributed by atoms with Gasteiger partial charge in [-0.15, -0.1) is 0 Å². The third kappa shape index (κ3) is 1.75. The molecule has 3 heteroatoms. The molecule has 0 aliphatic rings. The van der Waals surface area contributed by atoms with E-state index in [9.17, 15) is 5.11 Å². The highest BCUT2D eigenvalue weighted by Gasteiger charge is 2.09. The van der Waals surface area contributed by atoms with Gasteiger partial charge in [-0.05, 0) is 36.8 Å². The maximum atomic E-state index is 9.41. The molecule has 90 valence electrons. The summed E-state index contributed by atoms with van der Waals surface area (Å²) in [4.78, 5) is 0. The lowest BCUT2D eigenvalue weighted by atomic mass is 10.1. The third-order valence-electron chi connectivity index (χ3n) is 2.97. The van der Waals surface area contributed by atoms with Crippen molar-refractivity contribution in [3.63, 3.8) is 0 Å². The number of hydrogen-bond acceptors (Lipinski definition) is 2. The van der Waals surface area contributed by atoms with Crippen LogP contribution in [0.5, 0.6) is 5.75 Å². The fourth-order valence-corrected chi connectivity index (χ4v) is 2.19. The molecule has 0 radical (unpaired) electrons. The van der Waals surface area contributed by atoms with Crippen LogP contribution in [0.15, 0.2) is 46.9 Å². The number of hydrogen-bond donors (Lipinski definition) is 1. The molecule has 18 heavy (non-hydrogen) atoms. The van der Waals surface area contributed by atoms with E-state index >= 15 is 0 Å². The summed E-state index contributed by atoms with van der Waals surface area (Å²) in [6, 6.07) is 13.1. The van der Waals surface area contributed by atoms with E-state index in [1.807, 2.05) is 31.2 Å². The molecule has 2 aromatic carbocycles. The number of phenols is 1. The van der Waals surface area contributed by atoms with Crippen LogP contribution in [0.1, 0.15) is 5.56 Å². The maximum absolute atomic E-state index is 9.41. The predicted molar refractivity (Wildman–Crippen MR) is 73.1 cm³/mol. The average Bonchev–Trinajstić information content (AvgIpc) is 2.78. The Morgan fingerprint density at radius 2 is 1.94 bits per heavy atom. The third-order valence-corrected chi connectivity index (χ3v) is 3.28. The molecule has 0 saturated heterocycles. The van der Waals surface area contributed by atoms with Crippen LogP contribution in [0.2, 0.25) is 5.02 Å². The van der Waals surface area contributed by atoms with Gasteiger partial charge in [0.25, 0.3) is 0 Å². The van der Waals surface area contributed by atoms with Gasteiger partial charge in [-0.1, -0.05) is 29.8 Å². The second-order valence-corrected chi connectivity index (χ2v) is 4.68. The molecular formula is C15H11ClO2. The predicted octanol–water partition coefficient (Wildman–Crippen LogP) is 4.77. The van der Waals surface area contributed by atoms with Gasteiger partial charge in [0.15, 0.2) is 0 Å². The molecule has 0 amide bonds. The quantitative estimate of drug-likeness (QED) is 0.682. The van der Waals surface area contributed by atoms with E-state index in [4.69, 9.17) is 16.0 Å². The lowest BCUT2D eigenvalue weighted by molar-refractivity contribution is 0.475. The first-order valence-corrected chi connectivity index (χ1v) is 6.01. The number of rotatable bonds is 1. The first kappa shape index (κ1) is 11.2. The molecule has 0 saturated carbocycles. The van der Waals surface area contributed by atoms with Crippen molar-refractivity contribution in [2.24, 2.45) is 0 Å². The van der Waals surface area contributed by atoms with Gasteiger partial charge in [0.1, 0.15) is 17.1 Å². The zero-order valence-electron chi connectivity index (χ0n) is 9.77. The van der Waals surface area contributed by atoms with Gasteiger partial charge in [-0.25, -0.2) is 0 Å². The molecule has 2 nitrogen and oxygen atoms in total. The van der Waals surface area contributed by atoms with E-state index in [2.05, 4.69) is 0 Å². The summed E-state index contributed by atoms with van der Waals surface area (Å²) >= 11 is 5.90. The minimum atomic E-state index is 0.0766. The van der Waals surface area contributed by atoms with Crippen molar-refractivity contribution in [1.82, 2.24) is 0 Å². The molecule has 1 aromatic heterocycles. The molecule has 0 atom stereocenters. The summed E-state index contributed by atoms with van der Waals surface area (Å²) in [7, 11) is 0. The highest BCUT2D eigenvalue weighted by atomic mass is 35.5. The Labute approximate surface area is 109 Å². The molecule has 0 aliphatic heterocycles. The zero-order chi connectivity index (χ0) is 12.7. The van der Waals surface area contributed by atoms with Crippen LogP contribution in [0, 0.1) is 6.92 Å². The Hall–Kier alpha value is -1.93. The van der Waals surface area contributed by atoms with Crippen LogP contribution >= 0.6 is 11.6 Å². The number of benzene rings is 2. The lowest BCUT2D eigenvalue weighted by Crippen LogP contribution is -1.74. The summed E-state index contributed by atoms with van der Waals surface area (Å²) in [5.41, 5.74) is 2.84. The second kappa shape index (κ2) is 4.07. The smallest absolute Gasteiger partial charge is 0.137 e. The van der Waals surface area contributed by atoms with Crippen LogP contribution in [0.25, 0.3) is 22.3 Å². The highest BCUT2D eigenvalue weighted by Crippen LogP contribution is 2.33. The van der Waals surface area contributed by atoms with Gasteiger partial charge in [0.2, 0.25) is 0 Å². The van der Waals surface area contributed by atoms with E-state index < -0.39 is 0 Å². The van der Waals surface area contributed by atoms with E-state index in [-0.39, 0.29) is 5.75 Å². The second-order valence-electron chi connectivity index (χ2n) is 4.27. The Morgan fingerprint density at radius 1 is 1.11 bits per heavy atom. The van der Waals surface area contributed by atoms with Crippen LogP contribution in [0.4, 0.5) is 0 Å². The molecule has 0 aliphatic carbocycles. The Bertz CT molecular complexity index is 728. The molecule has 0 fully saturated rings. The van der Waals surface area contributed by atoms with Crippen molar-refractivity contribution in [1.29, 1.82) is 0 Å². The molecule has 1 heterocycles. The Kier molecular flexibility index (Phi) is 2.53. The zero-order valence-corrected chi connectivity index (χ0v) is 10.5. The van der Waals surface area contributed by atoms with Crippen molar-refractivity contribution >= 4 is 22.6 Å². The number of furan rings is 1. The minimum Gasteiger partial charge on any atom is -0.506 e. The fraction of sp³-hybridized carbons (Fsp3) is 0.0667. The fourth-order valence-electron chi connectivity index (χ4n) is 2.01.